The Morgan fingerprint density at radius 2 is 1.86 bits per heavy atom. The monoisotopic (exact) mass is 405 g/mol. The van der Waals surface area contributed by atoms with Gasteiger partial charge in [-0.25, -0.2) is 9.67 Å². The van der Waals surface area contributed by atoms with Crippen molar-refractivity contribution in [2.75, 3.05) is 32.0 Å². The quantitative estimate of drug-likeness (QED) is 0.724. The molecule has 0 radical (unpaired) electrons. The third-order valence-electron chi connectivity index (χ3n) is 4.75. The summed E-state index contributed by atoms with van der Waals surface area (Å²) in [5.74, 6) is -0.590. The molecular weight excluding hydrogens is 387 g/mol. The number of nitrogen functional groups attached to an aromatic ring is 1. The fraction of sp³-hybridized carbons (Fsp3) is 0.316. The minimum atomic E-state index is -4.65. The maximum absolute atomic E-state index is 13.7. The first kappa shape index (κ1) is 19.2. The molecule has 10 heteroatoms. The van der Waals surface area contributed by atoms with Crippen molar-refractivity contribution in [3.8, 4) is 11.3 Å². The summed E-state index contributed by atoms with van der Waals surface area (Å²) in [7, 11) is 0. The van der Waals surface area contributed by atoms with Gasteiger partial charge in [-0.3, -0.25) is 4.79 Å². The maximum atomic E-state index is 13.7. The molecule has 3 heterocycles. The number of rotatable bonds is 3. The van der Waals surface area contributed by atoms with Crippen LogP contribution in [0.15, 0.2) is 36.4 Å². The lowest BCUT2D eigenvalue weighted by atomic mass is 10.1. The van der Waals surface area contributed by atoms with Crippen molar-refractivity contribution < 1.29 is 22.7 Å². The van der Waals surface area contributed by atoms with Gasteiger partial charge in [0.05, 0.1) is 29.9 Å². The molecule has 2 aromatic heterocycles. The molecule has 0 aliphatic carbocycles. The second-order valence-electron chi connectivity index (χ2n) is 6.65. The SMILES string of the molecule is Nc1nn(CC(=O)N2CCOCC2)c2nc(-c3ccccc3)cc(C(F)(F)F)c12. The Balaban J connectivity index is 1.82. The average molecular weight is 405 g/mol. The molecular formula is C19H18F3N5O2. The van der Waals surface area contributed by atoms with Crippen molar-refractivity contribution in [1.82, 2.24) is 19.7 Å². The third-order valence-corrected chi connectivity index (χ3v) is 4.75. The van der Waals surface area contributed by atoms with Gasteiger partial charge in [-0.15, -0.1) is 0 Å². The summed E-state index contributed by atoms with van der Waals surface area (Å²) < 4.78 is 47.6. The standard InChI is InChI=1S/C19H18F3N5O2/c20-19(21,22)13-10-14(12-4-2-1-3-5-12)24-18-16(13)17(23)25-27(18)11-15(28)26-6-8-29-9-7-26/h1-5,10H,6-9,11H2,(H2,23,25). The van der Waals surface area contributed by atoms with Crippen LogP contribution in [0.5, 0.6) is 0 Å². The number of alkyl halides is 3. The Morgan fingerprint density at radius 3 is 2.52 bits per heavy atom. The molecule has 0 saturated carbocycles. The summed E-state index contributed by atoms with van der Waals surface area (Å²) >= 11 is 0. The van der Waals surface area contributed by atoms with Crippen LogP contribution in [0.25, 0.3) is 22.3 Å². The lowest BCUT2D eigenvalue weighted by Crippen LogP contribution is -2.42. The molecule has 29 heavy (non-hydrogen) atoms. The van der Waals surface area contributed by atoms with Crippen LogP contribution in [0, 0.1) is 0 Å². The van der Waals surface area contributed by atoms with Gasteiger partial charge in [0.15, 0.2) is 11.5 Å². The van der Waals surface area contributed by atoms with Crippen molar-refractivity contribution in [3.05, 3.63) is 42.0 Å². The Morgan fingerprint density at radius 1 is 1.17 bits per heavy atom. The number of nitrogens with zero attached hydrogens (tertiary/aromatic N) is 4. The maximum Gasteiger partial charge on any atom is 0.417 e. The van der Waals surface area contributed by atoms with Crippen LogP contribution in [0.3, 0.4) is 0 Å². The molecule has 1 aliphatic heterocycles. The summed E-state index contributed by atoms with van der Waals surface area (Å²) in [4.78, 5) is 18.5. The van der Waals surface area contributed by atoms with E-state index in [0.29, 0.717) is 31.9 Å². The van der Waals surface area contributed by atoms with E-state index in [9.17, 15) is 18.0 Å². The highest BCUT2D eigenvalue weighted by atomic mass is 19.4. The molecule has 0 unspecified atom stereocenters. The number of pyridine rings is 1. The Labute approximate surface area is 163 Å². The number of hydrogen-bond donors (Lipinski definition) is 1. The van der Waals surface area contributed by atoms with E-state index < -0.39 is 11.7 Å². The molecule has 1 saturated heterocycles. The number of morpholine rings is 1. The normalized spacial score (nSPS) is 15.1. The topological polar surface area (TPSA) is 86.3 Å². The zero-order valence-electron chi connectivity index (χ0n) is 15.3. The summed E-state index contributed by atoms with van der Waals surface area (Å²) in [6.07, 6.45) is -4.65. The number of aromatic nitrogens is 3. The van der Waals surface area contributed by atoms with Crippen LogP contribution in [-0.4, -0.2) is 51.9 Å². The largest absolute Gasteiger partial charge is 0.417 e. The van der Waals surface area contributed by atoms with E-state index >= 15 is 0 Å². The number of hydrogen-bond acceptors (Lipinski definition) is 5. The van der Waals surface area contributed by atoms with E-state index in [1.165, 1.54) is 0 Å². The number of carbonyl (C=O) groups is 1. The second kappa shape index (κ2) is 7.36. The molecule has 2 N–H and O–H groups in total. The number of amides is 1. The highest BCUT2D eigenvalue weighted by Gasteiger charge is 2.36. The predicted octanol–water partition coefficient (Wildman–Crippen LogP) is 2.56. The first-order valence-corrected chi connectivity index (χ1v) is 9.00. The molecule has 3 aromatic rings. The smallest absolute Gasteiger partial charge is 0.382 e. The van der Waals surface area contributed by atoms with Gasteiger partial charge < -0.3 is 15.4 Å². The summed E-state index contributed by atoms with van der Waals surface area (Å²) in [6, 6.07) is 9.47. The van der Waals surface area contributed by atoms with Crippen molar-refractivity contribution in [2.24, 2.45) is 0 Å². The fourth-order valence-corrected chi connectivity index (χ4v) is 3.33. The summed E-state index contributed by atoms with van der Waals surface area (Å²) in [5, 5.41) is 3.69. The molecule has 0 atom stereocenters. The Hall–Kier alpha value is -3.14. The summed E-state index contributed by atoms with van der Waals surface area (Å²) in [6.45, 7) is 1.43. The first-order chi connectivity index (χ1) is 13.8. The fourth-order valence-electron chi connectivity index (χ4n) is 3.33. The molecule has 1 aliphatic rings. The van der Waals surface area contributed by atoms with E-state index in [2.05, 4.69) is 10.1 Å². The van der Waals surface area contributed by atoms with E-state index in [1.54, 1.807) is 35.2 Å². The van der Waals surface area contributed by atoms with Gasteiger partial charge in [-0.1, -0.05) is 30.3 Å². The van der Waals surface area contributed by atoms with E-state index in [4.69, 9.17) is 10.5 Å². The minimum Gasteiger partial charge on any atom is -0.382 e. The molecule has 0 bridgehead atoms. The van der Waals surface area contributed by atoms with Crippen molar-refractivity contribution in [1.29, 1.82) is 0 Å². The Bertz CT molecular complexity index is 1040. The van der Waals surface area contributed by atoms with Gasteiger partial charge in [0.25, 0.3) is 0 Å². The van der Waals surface area contributed by atoms with Gasteiger partial charge in [-0.05, 0) is 6.07 Å². The molecule has 7 nitrogen and oxygen atoms in total. The lowest BCUT2D eigenvalue weighted by Gasteiger charge is -2.26. The van der Waals surface area contributed by atoms with Crippen LogP contribution < -0.4 is 5.73 Å². The van der Waals surface area contributed by atoms with E-state index in [-0.39, 0.29) is 35.0 Å². The average Bonchev–Trinajstić information content (AvgIpc) is 3.03. The molecule has 1 fully saturated rings. The second-order valence-corrected chi connectivity index (χ2v) is 6.65. The number of ether oxygens (including phenoxy) is 1. The lowest BCUT2D eigenvalue weighted by molar-refractivity contribution is -0.136. The number of anilines is 1. The van der Waals surface area contributed by atoms with E-state index in [0.717, 1.165) is 10.7 Å². The zero-order valence-corrected chi connectivity index (χ0v) is 15.3. The van der Waals surface area contributed by atoms with Gasteiger partial charge in [0.1, 0.15) is 6.54 Å². The Kier molecular flexibility index (Phi) is 4.87. The van der Waals surface area contributed by atoms with Gasteiger partial charge in [-0.2, -0.15) is 18.3 Å². The molecule has 4 rings (SSSR count). The zero-order chi connectivity index (χ0) is 20.6. The minimum absolute atomic E-state index is 0.0715. The first-order valence-electron chi connectivity index (χ1n) is 9.00. The van der Waals surface area contributed by atoms with Gasteiger partial charge in [0, 0.05) is 18.7 Å². The highest BCUT2D eigenvalue weighted by molar-refractivity contribution is 5.93. The molecule has 0 spiro atoms. The number of nitrogens with two attached hydrogens (primary N) is 1. The number of halogens is 3. The van der Waals surface area contributed by atoms with Crippen LogP contribution in [-0.2, 0) is 22.3 Å². The van der Waals surface area contributed by atoms with Crippen molar-refractivity contribution in [3.63, 3.8) is 0 Å². The van der Waals surface area contributed by atoms with Crippen LogP contribution in [0.2, 0.25) is 0 Å². The van der Waals surface area contributed by atoms with Crippen molar-refractivity contribution >= 4 is 22.8 Å². The highest BCUT2D eigenvalue weighted by Crippen LogP contribution is 2.38. The van der Waals surface area contributed by atoms with Crippen LogP contribution in [0.4, 0.5) is 19.0 Å². The number of benzene rings is 1. The van der Waals surface area contributed by atoms with Crippen molar-refractivity contribution in [2.45, 2.75) is 12.7 Å². The number of carbonyl (C=O) groups excluding carboxylic acids is 1. The van der Waals surface area contributed by atoms with Gasteiger partial charge in [0.2, 0.25) is 5.91 Å². The molecule has 152 valence electrons. The predicted molar refractivity (Wildman–Crippen MR) is 99.8 cm³/mol. The van der Waals surface area contributed by atoms with Crippen LogP contribution >= 0.6 is 0 Å². The molecule has 1 amide bonds. The summed E-state index contributed by atoms with van der Waals surface area (Å²) in [5.41, 5.74) is 5.45. The van der Waals surface area contributed by atoms with E-state index in [1.807, 2.05) is 0 Å². The van der Waals surface area contributed by atoms with Crippen LogP contribution in [0.1, 0.15) is 5.56 Å². The molecule has 1 aromatic carbocycles. The number of fused-ring (bicyclic) bond motifs is 1. The third kappa shape index (κ3) is 3.75. The van der Waals surface area contributed by atoms with Gasteiger partial charge >= 0.3 is 6.18 Å².